The van der Waals surface area contributed by atoms with Crippen LogP contribution in [0.25, 0.3) is 5.76 Å². The zero-order valence-electron chi connectivity index (χ0n) is 22.5. The predicted octanol–water partition coefficient (Wildman–Crippen LogP) is 5.89. The lowest BCUT2D eigenvalue weighted by Crippen LogP contribution is -2.29. The van der Waals surface area contributed by atoms with Crippen molar-refractivity contribution in [3.05, 3.63) is 94.6 Å². The molecule has 4 rings (SSSR count). The SMILES string of the molecule is COc1ccc(/C(O)=C2\C(=O)C(=O)N(c3cccc(NC(C)=O)c3)C2c2ccc(C(C)(C)C)cc2)cc1C. The number of Topliss-reactive ketones (excluding diaryl/α,β-unsaturated/α-hetero) is 1. The van der Waals surface area contributed by atoms with E-state index >= 15 is 0 Å². The van der Waals surface area contributed by atoms with E-state index in [-0.39, 0.29) is 22.7 Å². The summed E-state index contributed by atoms with van der Waals surface area (Å²) in [5.74, 6) is -1.42. The molecular formula is C31H32N2O5. The number of ketones is 1. The maximum absolute atomic E-state index is 13.5. The molecule has 196 valence electrons. The molecule has 38 heavy (non-hydrogen) atoms. The minimum Gasteiger partial charge on any atom is -0.507 e. The number of anilines is 2. The fourth-order valence-electron chi connectivity index (χ4n) is 4.70. The van der Waals surface area contributed by atoms with E-state index in [1.807, 2.05) is 31.2 Å². The topological polar surface area (TPSA) is 95.9 Å². The third-order valence-corrected chi connectivity index (χ3v) is 6.65. The van der Waals surface area contributed by atoms with Gasteiger partial charge in [0.1, 0.15) is 11.5 Å². The van der Waals surface area contributed by atoms with Gasteiger partial charge in [0.05, 0.1) is 18.7 Å². The number of carbonyl (C=O) groups excluding carboxylic acids is 3. The Kier molecular flexibility index (Phi) is 7.14. The van der Waals surface area contributed by atoms with E-state index in [1.165, 1.54) is 11.8 Å². The molecule has 1 aliphatic heterocycles. The molecule has 0 radical (unpaired) electrons. The molecule has 0 saturated carbocycles. The molecule has 0 spiro atoms. The summed E-state index contributed by atoms with van der Waals surface area (Å²) in [5.41, 5.74) is 3.77. The number of nitrogens with zero attached hydrogens (tertiary/aromatic N) is 1. The van der Waals surface area contributed by atoms with E-state index in [4.69, 9.17) is 4.74 Å². The summed E-state index contributed by atoms with van der Waals surface area (Å²) in [4.78, 5) is 40.0. The molecular weight excluding hydrogens is 480 g/mol. The van der Waals surface area contributed by atoms with Gasteiger partial charge < -0.3 is 15.2 Å². The molecule has 0 aliphatic carbocycles. The number of rotatable bonds is 5. The van der Waals surface area contributed by atoms with Crippen LogP contribution in [0.15, 0.2) is 72.3 Å². The first-order chi connectivity index (χ1) is 17.9. The monoisotopic (exact) mass is 512 g/mol. The van der Waals surface area contributed by atoms with Gasteiger partial charge in [-0.25, -0.2) is 0 Å². The van der Waals surface area contributed by atoms with E-state index in [1.54, 1.807) is 49.6 Å². The minimum atomic E-state index is -0.876. The Morgan fingerprint density at radius 2 is 1.68 bits per heavy atom. The van der Waals surface area contributed by atoms with Crippen LogP contribution in [0, 0.1) is 6.92 Å². The second kappa shape index (κ2) is 10.2. The highest BCUT2D eigenvalue weighted by molar-refractivity contribution is 6.51. The second-order valence-corrected chi connectivity index (χ2v) is 10.5. The average molecular weight is 513 g/mol. The highest BCUT2D eigenvalue weighted by Crippen LogP contribution is 2.43. The maximum Gasteiger partial charge on any atom is 0.300 e. The molecule has 1 saturated heterocycles. The van der Waals surface area contributed by atoms with Crippen LogP contribution in [0.2, 0.25) is 0 Å². The van der Waals surface area contributed by atoms with Gasteiger partial charge >= 0.3 is 0 Å². The normalized spacial score (nSPS) is 17.0. The summed E-state index contributed by atoms with van der Waals surface area (Å²) >= 11 is 0. The number of hydrogen-bond acceptors (Lipinski definition) is 5. The Balaban J connectivity index is 1.92. The van der Waals surface area contributed by atoms with Gasteiger partial charge in [0.15, 0.2) is 0 Å². The Morgan fingerprint density at radius 1 is 1.00 bits per heavy atom. The number of amides is 2. The molecule has 1 fully saturated rings. The molecule has 2 N–H and O–H groups in total. The van der Waals surface area contributed by atoms with Gasteiger partial charge in [-0.05, 0) is 65.4 Å². The molecule has 1 aliphatic rings. The van der Waals surface area contributed by atoms with Crippen LogP contribution < -0.4 is 15.0 Å². The summed E-state index contributed by atoms with van der Waals surface area (Å²) < 4.78 is 5.33. The summed E-state index contributed by atoms with van der Waals surface area (Å²) in [6.07, 6.45) is 0. The van der Waals surface area contributed by atoms with E-state index in [0.717, 1.165) is 11.1 Å². The van der Waals surface area contributed by atoms with Crippen LogP contribution in [-0.4, -0.2) is 29.8 Å². The van der Waals surface area contributed by atoms with Crippen LogP contribution >= 0.6 is 0 Å². The molecule has 7 heteroatoms. The third kappa shape index (κ3) is 5.05. The first-order valence-electron chi connectivity index (χ1n) is 12.4. The third-order valence-electron chi connectivity index (χ3n) is 6.65. The Morgan fingerprint density at radius 3 is 2.26 bits per heavy atom. The second-order valence-electron chi connectivity index (χ2n) is 10.5. The van der Waals surface area contributed by atoms with Crippen molar-refractivity contribution in [2.24, 2.45) is 0 Å². The van der Waals surface area contributed by atoms with E-state index < -0.39 is 17.7 Å². The van der Waals surface area contributed by atoms with Crippen LogP contribution in [0.4, 0.5) is 11.4 Å². The molecule has 1 unspecified atom stereocenters. The average Bonchev–Trinajstić information content (AvgIpc) is 3.13. The van der Waals surface area contributed by atoms with Gasteiger partial charge in [0, 0.05) is 23.9 Å². The van der Waals surface area contributed by atoms with Gasteiger partial charge in [0.2, 0.25) is 5.91 Å². The number of carbonyl (C=O) groups is 3. The highest BCUT2D eigenvalue weighted by atomic mass is 16.5. The zero-order valence-corrected chi connectivity index (χ0v) is 22.5. The zero-order chi connectivity index (χ0) is 27.8. The van der Waals surface area contributed by atoms with Crippen LogP contribution in [0.3, 0.4) is 0 Å². The van der Waals surface area contributed by atoms with Crippen molar-refractivity contribution < 1.29 is 24.2 Å². The highest BCUT2D eigenvalue weighted by Gasteiger charge is 2.47. The molecule has 1 atom stereocenters. The summed E-state index contributed by atoms with van der Waals surface area (Å²) in [7, 11) is 1.56. The molecule has 0 aromatic heterocycles. The number of methoxy groups -OCH3 is 1. The molecule has 2 amide bonds. The van der Waals surface area contributed by atoms with Gasteiger partial charge in [0.25, 0.3) is 11.7 Å². The lowest BCUT2D eigenvalue weighted by molar-refractivity contribution is -0.132. The molecule has 3 aromatic rings. The number of hydrogen-bond donors (Lipinski definition) is 2. The van der Waals surface area contributed by atoms with Crippen LogP contribution in [-0.2, 0) is 19.8 Å². The number of aliphatic hydroxyl groups excluding tert-OH is 1. The molecule has 1 heterocycles. The number of ether oxygens (including phenoxy) is 1. The number of aliphatic hydroxyl groups is 1. The lowest BCUT2D eigenvalue weighted by atomic mass is 9.85. The summed E-state index contributed by atoms with van der Waals surface area (Å²) in [6.45, 7) is 9.55. The minimum absolute atomic E-state index is 0.00648. The predicted molar refractivity (Wildman–Crippen MR) is 148 cm³/mol. The van der Waals surface area contributed by atoms with Gasteiger partial charge in [-0.3, -0.25) is 19.3 Å². The molecule has 3 aromatic carbocycles. The number of aryl methyl sites for hydroxylation is 1. The van der Waals surface area contributed by atoms with Crippen LogP contribution in [0.1, 0.15) is 56.0 Å². The van der Waals surface area contributed by atoms with Crippen LogP contribution in [0.5, 0.6) is 5.75 Å². The van der Waals surface area contributed by atoms with Crippen molar-refractivity contribution in [2.45, 2.75) is 46.1 Å². The molecule has 0 bridgehead atoms. The first kappa shape index (κ1) is 26.7. The van der Waals surface area contributed by atoms with E-state index in [0.29, 0.717) is 28.3 Å². The van der Waals surface area contributed by atoms with Gasteiger partial charge in [-0.15, -0.1) is 0 Å². The maximum atomic E-state index is 13.5. The smallest absolute Gasteiger partial charge is 0.300 e. The summed E-state index contributed by atoms with van der Waals surface area (Å²) in [5, 5.41) is 14.1. The Labute approximate surface area is 222 Å². The fraction of sp³-hybridized carbons (Fsp3) is 0.258. The first-order valence-corrected chi connectivity index (χ1v) is 12.4. The van der Waals surface area contributed by atoms with Crippen molar-refractivity contribution in [2.75, 3.05) is 17.3 Å². The number of nitrogens with one attached hydrogen (secondary N) is 1. The lowest BCUT2D eigenvalue weighted by Gasteiger charge is -2.27. The van der Waals surface area contributed by atoms with Crippen molar-refractivity contribution >= 4 is 34.7 Å². The van der Waals surface area contributed by atoms with Crippen molar-refractivity contribution in [1.29, 1.82) is 0 Å². The largest absolute Gasteiger partial charge is 0.507 e. The van der Waals surface area contributed by atoms with E-state index in [9.17, 15) is 19.5 Å². The van der Waals surface area contributed by atoms with Crippen molar-refractivity contribution in [1.82, 2.24) is 0 Å². The molecule has 7 nitrogen and oxygen atoms in total. The van der Waals surface area contributed by atoms with Crippen molar-refractivity contribution in [3.8, 4) is 5.75 Å². The van der Waals surface area contributed by atoms with Crippen molar-refractivity contribution in [3.63, 3.8) is 0 Å². The quantitative estimate of drug-likeness (QED) is 0.253. The van der Waals surface area contributed by atoms with E-state index in [2.05, 4.69) is 26.1 Å². The summed E-state index contributed by atoms with van der Waals surface area (Å²) in [6, 6.07) is 18.7. The van der Waals surface area contributed by atoms with Gasteiger partial charge in [-0.2, -0.15) is 0 Å². The van der Waals surface area contributed by atoms with Gasteiger partial charge in [-0.1, -0.05) is 51.1 Å². The standard InChI is InChI=1S/C31H32N2O5/c1-18-16-21(12-15-25(18)38-6)28(35)26-27(20-10-13-22(14-11-20)31(3,4)5)33(30(37)29(26)36)24-9-7-8-23(17-24)32-19(2)34/h7-17,27,35H,1-6H3,(H,32,34)/b28-26+. The number of benzene rings is 3. The fourth-order valence-corrected chi connectivity index (χ4v) is 4.70. The Bertz CT molecular complexity index is 1450. The Hall–Kier alpha value is -4.39.